The number of nitrogens with two attached hydrogens (primary N) is 1. The van der Waals surface area contributed by atoms with Crippen LogP contribution in [0.4, 0.5) is 15.2 Å². The fraction of sp³-hybridized carbons (Fsp3) is 0.273. The van der Waals surface area contributed by atoms with E-state index in [1.807, 2.05) is 19.0 Å². The number of nitrogens with zero attached hydrogens (tertiary/aromatic N) is 3. The summed E-state index contributed by atoms with van der Waals surface area (Å²) in [4.78, 5) is 2.57. The fourth-order valence-electron chi connectivity index (χ4n) is 1.31. The quantitative estimate of drug-likeness (QED) is 0.875. The summed E-state index contributed by atoms with van der Waals surface area (Å²) in [5, 5.41) is 8.88. The Morgan fingerprint density at radius 3 is 2.68 bits per heavy atom. The first-order valence-electron chi connectivity index (χ1n) is 5.33. The SMILES string of the molecule is COc1cc(Sc2nnc(N(C)C)s2)c(N)cc1F. The molecule has 0 unspecified atom stereocenters. The second-order valence-corrected chi connectivity index (χ2v) is 6.12. The van der Waals surface area contributed by atoms with Crippen LogP contribution < -0.4 is 15.4 Å². The van der Waals surface area contributed by atoms with Crippen LogP contribution >= 0.6 is 23.1 Å². The van der Waals surface area contributed by atoms with Gasteiger partial charge in [-0.25, -0.2) is 4.39 Å². The zero-order valence-electron chi connectivity index (χ0n) is 10.7. The van der Waals surface area contributed by atoms with Gasteiger partial charge in [-0.3, -0.25) is 0 Å². The number of nitrogen functional groups attached to an aromatic ring is 1. The number of ether oxygens (including phenoxy) is 1. The van der Waals surface area contributed by atoms with Gasteiger partial charge in [-0.1, -0.05) is 23.1 Å². The third kappa shape index (κ3) is 3.07. The Hall–Kier alpha value is -1.54. The molecule has 0 bridgehead atoms. The zero-order chi connectivity index (χ0) is 14.0. The summed E-state index contributed by atoms with van der Waals surface area (Å²) < 4.78 is 19.1. The van der Waals surface area contributed by atoms with Gasteiger partial charge in [0, 0.05) is 30.7 Å². The number of methoxy groups -OCH3 is 1. The maximum absolute atomic E-state index is 13.4. The lowest BCUT2D eigenvalue weighted by atomic mass is 10.3. The highest BCUT2D eigenvalue weighted by Gasteiger charge is 2.13. The van der Waals surface area contributed by atoms with Crippen molar-refractivity contribution in [2.45, 2.75) is 9.24 Å². The summed E-state index contributed by atoms with van der Waals surface area (Å²) in [6.45, 7) is 0. The molecular weight excluding hydrogens is 287 g/mol. The third-order valence-corrected chi connectivity index (χ3v) is 4.48. The highest BCUT2D eigenvalue weighted by molar-refractivity contribution is 8.01. The first kappa shape index (κ1) is 13.9. The van der Waals surface area contributed by atoms with E-state index in [4.69, 9.17) is 10.5 Å². The maximum atomic E-state index is 13.4. The predicted molar refractivity (Wildman–Crippen MR) is 75.7 cm³/mol. The second-order valence-electron chi connectivity index (χ2n) is 3.87. The summed E-state index contributed by atoms with van der Waals surface area (Å²) in [5.41, 5.74) is 6.14. The van der Waals surface area contributed by atoms with Crippen LogP contribution in [0.1, 0.15) is 0 Å². The predicted octanol–water partition coefficient (Wildman–Crippen LogP) is 2.49. The molecule has 2 aromatic rings. The molecule has 0 aliphatic rings. The van der Waals surface area contributed by atoms with E-state index >= 15 is 0 Å². The largest absolute Gasteiger partial charge is 0.494 e. The topological polar surface area (TPSA) is 64.3 Å². The summed E-state index contributed by atoms with van der Waals surface area (Å²) in [6, 6.07) is 2.81. The molecule has 2 N–H and O–H groups in total. The van der Waals surface area contributed by atoms with Gasteiger partial charge in [0.2, 0.25) is 5.13 Å². The van der Waals surface area contributed by atoms with Crippen LogP contribution in [-0.4, -0.2) is 31.4 Å². The highest BCUT2D eigenvalue weighted by atomic mass is 32.2. The molecule has 1 heterocycles. The van der Waals surface area contributed by atoms with E-state index in [0.717, 1.165) is 9.47 Å². The molecule has 0 fully saturated rings. The Morgan fingerprint density at radius 2 is 2.11 bits per heavy atom. The van der Waals surface area contributed by atoms with Crippen molar-refractivity contribution in [2.75, 3.05) is 31.8 Å². The fourth-order valence-corrected chi connectivity index (χ4v) is 3.09. The van der Waals surface area contributed by atoms with Gasteiger partial charge in [0.05, 0.1) is 7.11 Å². The average molecular weight is 300 g/mol. The van der Waals surface area contributed by atoms with Crippen molar-refractivity contribution in [1.82, 2.24) is 10.2 Å². The number of rotatable bonds is 4. The summed E-state index contributed by atoms with van der Waals surface area (Å²) in [7, 11) is 5.20. The van der Waals surface area contributed by atoms with Crippen molar-refractivity contribution < 1.29 is 9.13 Å². The minimum atomic E-state index is -0.476. The molecule has 0 aliphatic heterocycles. The molecule has 0 radical (unpaired) electrons. The van der Waals surface area contributed by atoms with Crippen molar-refractivity contribution in [3.05, 3.63) is 17.9 Å². The van der Waals surface area contributed by atoms with Crippen LogP contribution in [0.2, 0.25) is 0 Å². The lowest BCUT2D eigenvalue weighted by Gasteiger charge is -2.07. The lowest BCUT2D eigenvalue weighted by Crippen LogP contribution is -2.07. The molecule has 19 heavy (non-hydrogen) atoms. The van der Waals surface area contributed by atoms with Crippen molar-refractivity contribution in [1.29, 1.82) is 0 Å². The molecule has 0 amide bonds. The molecule has 8 heteroatoms. The van der Waals surface area contributed by atoms with Crippen LogP contribution in [0.5, 0.6) is 5.75 Å². The van der Waals surface area contributed by atoms with Crippen molar-refractivity contribution in [3.8, 4) is 5.75 Å². The monoisotopic (exact) mass is 300 g/mol. The number of aromatic nitrogens is 2. The zero-order valence-corrected chi connectivity index (χ0v) is 12.3. The first-order valence-corrected chi connectivity index (χ1v) is 6.96. The minimum absolute atomic E-state index is 0.161. The number of hydrogen-bond donors (Lipinski definition) is 1. The van der Waals surface area contributed by atoms with Crippen LogP contribution in [0, 0.1) is 5.82 Å². The first-order chi connectivity index (χ1) is 9.01. The normalized spacial score (nSPS) is 10.5. The van der Waals surface area contributed by atoms with E-state index in [1.165, 1.54) is 36.3 Å². The summed E-state index contributed by atoms with van der Waals surface area (Å²) in [6.07, 6.45) is 0. The van der Waals surface area contributed by atoms with Crippen molar-refractivity contribution in [2.24, 2.45) is 0 Å². The van der Waals surface area contributed by atoms with Gasteiger partial charge < -0.3 is 15.4 Å². The molecule has 0 spiro atoms. The van der Waals surface area contributed by atoms with Gasteiger partial charge in [-0.05, 0) is 6.07 Å². The van der Waals surface area contributed by atoms with Gasteiger partial charge >= 0.3 is 0 Å². The number of anilines is 2. The Bertz CT molecular complexity index is 588. The molecule has 0 saturated heterocycles. The van der Waals surface area contributed by atoms with Gasteiger partial charge in [-0.15, -0.1) is 10.2 Å². The smallest absolute Gasteiger partial charge is 0.208 e. The Kier molecular flexibility index (Phi) is 4.11. The van der Waals surface area contributed by atoms with Crippen molar-refractivity contribution >= 4 is 33.9 Å². The second kappa shape index (κ2) is 5.62. The van der Waals surface area contributed by atoms with E-state index in [2.05, 4.69) is 10.2 Å². The molecule has 1 aromatic heterocycles. The summed E-state index contributed by atoms with van der Waals surface area (Å²) in [5.74, 6) is -0.315. The molecule has 5 nitrogen and oxygen atoms in total. The molecule has 0 aliphatic carbocycles. The Balaban J connectivity index is 2.27. The highest BCUT2D eigenvalue weighted by Crippen LogP contribution is 2.38. The molecule has 1 aromatic carbocycles. The van der Waals surface area contributed by atoms with E-state index in [9.17, 15) is 4.39 Å². The molecular formula is C11H13FN4OS2. The van der Waals surface area contributed by atoms with E-state index in [1.54, 1.807) is 6.07 Å². The number of hydrogen-bond acceptors (Lipinski definition) is 7. The average Bonchev–Trinajstić information content (AvgIpc) is 2.81. The van der Waals surface area contributed by atoms with Gasteiger partial charge in [-0.2, -0.15) is 0 Å². The van der Waals surface area contributed by atoms with Gasteiger partial charge in [0.25, 0.3) is 0 Å². The van der Waals surface area contributed by atoms with Crippen LogP contribution in [0.15, 0.2) is 21.4 Å². The molecule has 102 valence electrons. The van der Waals surface area contributed by atoms with E-state index in [0.29, 0.717) is 10.6 Å². The third-order valence-electron chi connectivity index (χ3n) is 2.26. The minimum Gasteiger partial charge on any atom is -0.494 e. The Labute approximate surface area is 118 Å². The van der Waals surface area contributed by atoms with Crippen molar-refractivity contribution in [3.63, 3.8) is 0 Å². The van der Waals surface area contributed by atoms with Crippen LogP contribution in [0.3, 0.4) is 0 Å². The maximum Gasteiger partial charge on any atom is 0.208 e. The van der Waals surface area contributed by atoms with E-state index < -0.39 is 5.82 Å². The lowest BCUT2D eigenvalue weighted by molar-refractivity contribution is 0.385. The van der Waals surface area contributed by atoms with Crippen LogP contribution in [0.25, 0.3) is 0 Å². The number of benzene rings is 1. The molecule has 0 saturated carbocycles. The number of halogens is 1. The standard InChI is InChI=1S/C11H13FN4OS2/c1-16(2)10-14-15-11(19-10)18-9-5-8(17-3)6(12)4-7(9)13/h4-5H,13H2,1-3H3. The van der Waals surface area contributed by atoms with E-state index in [-0.39, 0.29) is 5.75 Å². The van der Waals surface area contributed by atoms with Gasteiger partial charge in [0.15, 0.2) is 15.9 Å². The molecule has 0 atom stereocenters. The van der Waals surface area contributed by atoms with Crippen LogP contribution in [-0.2, 0) is 0 Å². The molecule has 2 rings (SSSR count). The Morgan fingerprint density at radius 1 is 1.37 bits per heavy atom. The van der Waals surface area contributed by atoms with Gasteiger partial charge in [0.1, 0.15) is 0 Å². The summed E-state index contributed by atoms with van der Waals surface area (Å²) >= 11 is 2.78.